The van der Waals surface area contributed by atoms with Crippen molar-refractivity contribution in [3.05, 3.63) is 52.8 Å². The van der Waals surface area contributed by atoms with Gasteiger partial charge in [-0.15, -0.1) is 0 Å². The van der Waals surface area contributed by atoms with Gasteiger partial charge in [0.2, 0.25) is 0 Å². The topological polar surface area (TPSA) is 38.0 Å². The van der Waals surface area contributed by atoms with E-state index in [0.29, 0.717) is 17.4 Å². The van der Waals surface area contributed by atoms with Crippen LogP contribution in [-0.4, -0.2) is 0 Å². The van der Waals surface area contributed by atoms with Crippen molar-refractivity contribution in [2.75, 3.05) is 11.1 Å². The van der Waals surface area contributed by atoms with E-state index in [-0.39, 0.29) is 10.7 Å². The van der Waals surface area contributed by atoms with Crippen LogP contribution in [0.25, 0.3) is 0 Å². The smallest absolute Gasteiger partial charge is 0.399 e. The van der Waals surface area contributed by atoms with Crippen molar-refractivity contribution in [2.45, 2.75) is 6.18 Å². The van der Waals surface area contributed by atoms with Crippen LogP contribution in [0.3, 0.4) is 0 Å². The van der Waals surface area contributed by atoms with Gasteiger partial charge in [0, 0.05) is 5.69 Å². The van der Waals surface area contributed by atoms with Crippen molar-refractivity contribution in [1.29, 1.82) is 0 Å². The van der Waals surface area contributed by atoms with Crippen LogP contribution in [0.1, 0.15) is 5.56 Å². The van der Waals surface area contributed by atoms with Crippen molar-refractivity contribution in [2.24, 2.45) is 0 Å². The third-order valence-corrected chi connectivity index (χ3v) is 2.89. The minimum atomic E-state index is -4.59. The average Bonchev–Trinajstić information content (AvgIpc) is 2.35. The molecule has 3 N–H and O–H groups in total. The van der Waals surface area contributed by atoms with Crippen LogP contribution >= 0.6 is 11.6 Å². The lowest BCUT2D eigenvalue weighted by Gasteiger charge is -2.12. The normalized spacial score (nSPS) is 11.4. The Balaban J connectivity index is 2.33. The molecular weight excluding hydrogens is 296 g/mol. The highest BCUT2D eigenvalue weighted by Crippen LogP contribution is 2.33. The Morgan fingerprint density at radius 2 is 1.70 bits per heavy atom. The Kier molecular flexibility index (Phi) is 3.76. The third kappa shape index (κ3) is 3.14. The molecule has 0 unspecified atom stereocenters. The summed E-state index contributed by atoms with van der Waals surface area (Å²) in [5.74, 6) is -1.03. The van der Waals surface area contributed by atoms with Gasteiger partial charge in [-0.3, -0.25) is 0 Å². The SMILES string of the molecule is Nc1ccc(Cl)c(Nc2ccc(C(F)(F)F)cc2F)c1. The lowest BCUT2D eigenvalue weighted by Crippen LogP contribution is -2.06. The Labute approximate surface area is 117 Å². The summed E-state index contributed by atoms with van der Waals surface area (Å²) in [6, 6.07) is 6.71. The van der Waals surface area contributed by atoms with Crippen LogP contribution in [0.2, 0.25) is 5.02 Å². The van der Waals surface area contributed by atoms with Crippen LogP contribution in [-0.2, 0) is 6.18 Å². The second-order valence-electron chi connectivity index (χ2n) is 4.06. The highest BCUT2D eigenvalue weighted by atomic mass is 35.5. The highest BCUT2D eigenvalue weighted by molar-refractivity contribution is 6.33. The molecule has 0 heterocycles. The van der Waals surface area contributed by atoms with Gasteiger partial charge in [-0.25, -0.2) is 4.39 Å². The van der Waals surface area contributed by atoms with Gasteiger partial charge in [0.05, 0.1) is 22.0 Å². The third-order valence-electron chi connectivity index (χ3n) is 2.56. The van der Waals surface area contributed by atoms with Crippen molar-refractivity contribution in [3.63, 3.8) is 0 Å². The molecule has 0 fully saturated rings. The van der Waals surface area contributed by atoms with E-state index in [1.54, 1.807) is 6.07 Å². The summed E-state index contributed by atoms with van der Waals surface area (Å²) in [4.78, 5) is 0. The van der Waals surface area contributed by atoms with Crippen LogP contribution in [0, 0.1) is 5.82 Å². The minimum absolute atomic E-state index is 0.120. The number of benzene rings is 2. The molecule has 20 heavy (non-hydrogen) atoms. The molecular formula is C13H9ClF4N2. The van der Waals surface area contributed by atoms with Crippen molar-refractivity contribution in [3.8, 4) is 0 Å². The van der Waals surface area contributed by atoms with Gasteiger partial charge in [-0.05, 0) is 36.4 Å². The van der Waals surface area contributed by atoms with E-state index in [2.05, 4.69) is 5.32 Å². The molecule has 0 amide bonds. The Morgan fingerprint density at radius 3 is 2.30 bits per heavy atom. The summed E-state index contributed by atoms with van der Waals surface area (Å²) in [7, 11) is 0. The zero-order valence-corrected chi connectivity index (χ0v) is 10.7. The first-order valence-corrected chi connectivity index (χ1v) is 5.84. The zero-order chi connectivity index (χ0) is 14.9. The van der Waals surface area contributed by atoms with Gasteiger partial charge < -0.3 is 11.1 Å². The van der Waals surface area contributed by atoms with Crippen LogP contribution in [0.5, 0.6) is 0 Å². The van der Waals surface area contributed by atoms with Gasteiger partial charge in [0.15, 0.2) is 0 Å². The van der Waals surface area contributed by atoms with E-state index < -0.39 is 17.6 Å². The van der Waals surface area contributed by atoms with Crippen LogP contribution in [0.4, 0.5) is 34.6 Å². The first-order valence-electron chi connectivity index (χ1n) is 5.46. The molecule has 0 spiro atoms. The second kappa shape index (κ2) is 5.20. The van der Waals surface area contributed by atoms with Gasteiger partial charge >= 0.3 is 6.18 Å². The molecule has 0 bridgehead atoms. The monoisotopic (exact) mass is 304 g/mol. The first kappa shape index (κ1) is 14.5. The lowest BCUT2D eigenvalue weighted by atomic mass is 10.2. The molecule has 2 nitrogen and oxygen atoms in total. The van der Waals surface area contributed by atoms with Crippen molar-refractivity contribution < 1.29 is 17.6 Å². The Bertz CT molecular complexity index is 641. The number of anilines is 3. The molecule has 0 aliphatic rings. The predicted octanol–water partition coefficient (Wildman–Crippen LogP) is 4.82. The number of nitrogens with one attached hydrogen (secondary N) is 1. The predicted molar refractivity (Wildman–Crippen MR) is 70.5 cm³/mol. The number of nitrogen functional groups attached to an aromatic ring is 1. The Morgan fingerprint density at radius 1 is 1.00 bits per heavy atom. The fourth-order valence-corrected chi connectivity index (χ4v) is 1.74. The molecule has 2 aromatic carbocycles. The Hall–Kier alpha value is -1.95. The number of hydrogen-bond donors (Lipinski definition) is 2. The van der Waals surface area contributed by atoms with Gasteiger partial charge in [0.1, 0.15) is 5.82 Å². The van der Waals surface area contributed by atoms with E-state index >= 15 is 0 Å². The molecule has 0 saturated carbocycles. The maximum atomic E-state index is 13.7. The second-order valence-corrected chi connectivity index (χ2v) is 4.46. The quantitative estimate of drug-likeness (QED) is 0.616. The molecule has 0 saturated heterocycles. The van der Waals surface area contributed by atoms with E-state index in [0.717, 1.165) is 12.1 Å². The summed E-state index contributed by atoms with van der Waals surface area (Å²) in [6.45, 7) is 0. The molecule has 2 aromatic rings. The average molecular weight is 305 g/mol. The van der Waals surface area contributed by atoms with Gasteiger partial charge in [0.25, 0.3) is 0 Å². The maximum Gasteiger partial charge on any atom is 0.416 e. The zero-order valence-electron chi connectivity index (χ0n) is 9.93. The summed E-state index contributed by atoms with van der Waals surface area (Å²) in [5, 5.41) is 2.88. The highest BCUT2D eigenvalue weighted by Gasteiger charge is 2.31. The molecule has 7 heteroatoms. The van der Waals surface area contributed by atoms with Gasteiger partial charge in [-0.2, -0.15) is 13.2 Å². The number of rotatable bonds is 2. The number of nitrogens with two attached hydrogens (primary N) is 1. The lowest BCUT2D eigenvalue weighted by molar-refractivity contribution is -0.137. The molecule has 0 aliphatic heterocycles. The van der Waals surface area contributed by atoms with Crippen LogP contribution in [0.15, 0.2) is 36.4 Å². The summed E-state index contributed by atoms with van der Waals surface area (Å²) in [6.07, 6.45) is -4.59. The number of alkyl halides is 3. The first-order chi connectivity index (χ1) is 9.27. The van der Waals surface area contributed by atoms with E-state index in [1.807, 2.05) is 0 Å². The van der Waals surface area contributed by atoms with E-state index in [4.69, 9.17) is 17.3 Å². The number of hydrogen-bond acceptors (Lipinski definition) is 2. The largest absolute Gasteiger partial charge is 0.416 e. The number of halogens is 5. The molecule has 2 rings (SSSR count). The minimum Gasteiger partial charge on any atom is -0.399 e. The van der Waals surface area contributed by atoms with Crippen LogP contribution < -0.4 is 11.1 Å². The van der Waals surface area contributed by atoms with Gasteiger partial charge in [-0.1, -0.05) is 11.6 Å². The summed E-state index contributed by atoms with van der Waals surface area (Å²) < 4.78 is 50.9. The molecule has 0 atom stereocenters. The van der Waals surface area contributed by atoms with Crippen molar-refractivity contribution in [1.82, 2.24) is 0 Å². The molecule has 0 aliphatic carbocycles. The molecule has 106 valence electrons. The summed E-state index contributed by atoms with van der Waals surface area (Å²) >= 11 is 5.88. The molecule has 0 aromatic heterocycles. The van der Waals surface area contributed by atoms with E-state index in [9.17, 15) is 17.6 Å². The van der Waals surface area contributed by atoms with Crippen molar-refractivity contribution >= 4 is 28.7 Å². The standard InChI is InChI=1S/C13H9ClF4N2/c14-9-3-2-8(19)6-12(9)20-11-4-1-7(5-10(11)15)13(16,17)18/h1-6,20H,19H2. The fraction of sp³-hybridized carbons (Fsp3) is 0.0769. The van der Waals surface area contributed by atoms with E-state index in [1.165, 1.54) is 12.1 Å². The fourth-order valence-electron chi connectivity index (χ4n) is 1.58. The maximum absolute atomic E-state index is 13.7. The molecule has 0 radical (unpaired) electrons. The summed E-state index contributed by atoms with van der Waals surface area (Å²) in [5.41, 5.74) is 5.09.